The molecule has 27 heavy (non-hydrogen) atoms. The van der Waals surface area contributed by atoms with Crippen LogP contribution in [0, 0.1) is 0 Å². The maximum Gasteiger partial charge on any atom is 0.338 e. The Morgan fingerprint density at radius 1 is 1.37 bits per heavy atom. The molecule has 1 N–H and O–H groups in total. The van der Waals surface area contributed by atoms with Gasteiger partial charge in [-0.3, -0.25) is 0 Å². The molecule has 8 nitrogen and oxygen atoms in total. The SMILES string of the molecule is CCOCCOC(=O)C1=C(C)Nc2ncnn2[C@H]1c1ccc(OC)c(Cl)c1. The van der Waals surface area contributed by atoms with Gasteiger partial charge in [0.15, 0.2) is 0 Å². The van der Waals surface area contributed by atoms with Gasteiger partial charge in [0.25, 0.3) is 0 Å². The summed E-state index contributed by atoms with van der Waals surface area (Å²) >= 11 is 6.30. The van der Waals surface area contributed by atoms with Crippen molar-refractivity contribution in [2.24, 2.45) is 0 Å². The number of halogens is 1. The Hall–Kier alpha value is -2.58. The second-order valence-electron chi connectivity index (χ2n) is 5.82. The number of carbonyl (C=O) groups excluding carboxylic acids is 1. The van der Waals surface area contributed by atoms with E-state index in [2.05, 4.69) is 15.4 Å². The first-order chi connectivity index (χ1) is 13.1. The Morgan fingerprint density at radius 3 is 2.89 bits per heavy atom. The molecule has 0 spiro atoms. The van der Waals surface area contributed by atoms with Crippen molar-refractivity contribution in [2.75, 3.05) is 32.2 Å². The van der Waals surface area contributed by atoms with Crippen LogP contribution in [0.1, 0.15) is 25.5 Å². The van der Waals surface area contributed by atoms with E-state index in [1.165, 1.54) is 6.33 Å². The summed E-state index contributed by atoms with van der Waals surface area (Å²) in [4.78, 5) is 17.0. The molecule has 0 aliphatic carbocycles. The number of allylic oxidation sites excluding steroid dienone is 1. The molecule has 0 radical (unpaired) electrons. The van der Waals surface area contributed by atoms with Crippen molar-refractivity contribution in [3.05, 3.63) is 46.4 Å². The third kappa shape index (κ3) is 3.91. The van der Waals surface area contributed by atoms with Gasteiger partial charge in [0.2, 0.25) is 5.95 Å². The molecule has 1 atom stereocenters. The fraction of sp³-hybridized carbons (Fsp3) is 0.389. The zero-order valence-corrected chi connectivity index (χ0v) is 16.1. The van der Waals surface area contributed by atoms with Gasteiger partial charge in [-0.25, -0.2) is 9.48 Å². The van der Waals surface area contributed by atoms with Gasteiger partial charge >= 0.3 is 5.97 Å². The molecule has 1 aliphatic heterocycles. The van der Waals surface area contributed by atoms with E-state index in [-0.39, 0.29) is 6.61 Å². The highest BCUT2D eigenvalue weighted by Gasteiger charge is 2.34. The van der Waals surface area contributed by atoms with Crippen LogP contribution >= 0.6 is 11.6 Å². The van der Waals surface area contributed by atoms with E-state index in [1.807, 2.05) is 13.0 Å². The second kappa shape index (κ2) is 8.41. The van der Waals surface area contributed by atoms with Crippen molar-refractivity contribution < 1.29 is 19.0 Å². The smallest absolute Gasteiger partial charge is 0.338 e. The fourth-order valence-electron chi connectivity index (χ4n) is 2.93. The molecule has 1 aromatic carbocycles. The van der Waals surface area contributed by atoms with E-state index in [9.17, 15) is 4.79 Å². The zero-order chi connectivity index (χ0) is 19.4. The molecule has 3 rings (SSSR count). The van der Waals surface area contributed by atoms with Crippen LogP contribution in [-0.4, -0.2) is 47.7 Å². The van der Waals surface area contributed by atoms with Crippen LogP contribution in [0.2, 0.25) is 5.02 Å². The number of ether oxygens (including phenoxy) is 3. The highest BCUT2D eigenvalue weighted by molar-refractivity contribution is 6.32. The van der Waals surface area contributed by atoms with Gasteiger partial charge in [0.05, 0.1) is 24.3 Å². The number of aromatic nitrogens is 3. The largest absolute Gasteiger partial charge is 0.495 e. The Balaban J connectivity index is 1.97. The van der Waals surface area contributed by atoms with Crippen LogP contribution in [0.5, 0.6) is 5.75 Å². The van der Waals surface area contributed by atoms with Gasteiger partial charge in [-0.1, -0.05) is 17.7 Å². The standard InChI is InChI=1S/C18H21ClN4O4/c1-4-26-7-8-27-17(24)15-11(2)22-18-20-10-21-23(18)16(15)12-5-6-14(25-3)13(19)9-12/h5-6,9-10,16H,4,7-8H2,1-3H3,(H,20,21,22)/t16-/m0/s1. The number of esters is 1. The Bertz CT molecular complexity index is 865. The minimum Gasteiger partial charge on any atom is -0.495 e. The average molecular weight is 393 g/mol. The Labute approximate surface area is 162 Å². The summed E-state index contributed by atoms with van der Waals surface area (Å²) in [7, 11) is 1.55. The lowest BCUT2D eigenvalue weighted by atomic mass is 9.95. The fourth-order valence-corrected chi connectivity index (χ4v) is 3.20. The molecule has 2 aromatic rings. The van der Waals surface area contributed by atoms with Gasteiger partial charge in [-0.2, -0.15) is 10.1 Å². The van der Waals surface area contributed by atoms with E-state index in [0.29, 0.717) is 41.2 Å². The van der Waals surface area contributed by atoms with Crippen molar-refractivity contribution >= 4 is 23.5 Å². The predicted octanol–water partition coefficient (Wildman–Crippen LogP) is 2.81. The summed E-state index contributed by atoms with van der Waals surface area (Å²) in [6, 6.07) is 4.82. The number of nitrogens with one attached hydrogen (secondary N) is 1. The number of benzene rings is 1. The van der Waals surface area contributed by atoms with E-state index in [0.717, 1.165) is 5.56 Å². The highest BCUT2D eigenvalue weighted by atomic mass is 35.5. The first-order valence-electron chi connectivity index (χ1n) is 8.52. The lowest BCUT2D eigenvalue weighted by molar-refractivity contribution is -0.141. The number of carbonyl (C=O) groups is 1. The van der Waals surface area contributed by atoms with Gasteiger partial charge < -0.3 is 19.5 Å². The summed E-state index contributed by atoms with van der Waals surface area (Å²) in [5.74, 6) is 0.641. The number of rotatable bonds is 7. The van der Waals surface area contributed by atoms with Crippen molar-refractivity contribution in [3.8, 4) is 5.75 Å². The van der Waals surface area contributed by atoms with Crippen molar-refractivity contribution in [3.63, 3.8) is 0 Å². The monoisotopic (exact) mass is 392 g/mol. The van der Waals surface area contributed by atoms with E-state index < -0.39 is 12.0 Å². The topological polar surface area (TPSA) is 87.5 Å². The summed E-state index contributed by atoms with van der Waals surface area (Å²) < 4.78 is 17.5. The third-order valence-corrected chi connectivity index (χ3v) is 4.47. The second-order valence-corrected chi connectivity index (χ2v) is 6.23. The molecule has 0 amide bonds. The van der Waals surface area contributed by atoms with Crippen molar-refractivity contribution in [2.45, 2.75) is 19.9 Å². The number of methoxy groups -OCH3 is 1. The summed E-state index contributed by atoms with van der Waals surface area (Å²) in [6.07, 6.45) is 1.43. The molecule has 0 fully saturated rings. The highest BCUT2D eigenvalue weighted by Crippen LogP contribution is 2.37. The number of anilines is 1. The quantitative estimate of drug-likeness (QED) is 0.572. The van der Waals surface area contributed by atoms with Crippen molar-refractivity contribution in [1.29, 1.82) is 0 Å². The molecule has 1 aromatic heterocycles. The molecule has 0 unspecified atom stereocenters. The maximum atomic E-state index is 12.8. The van der Waals surface area contributed by atoms with Crippen molar-refractivity contribution in [1.82, 2.24) is 14.8 Å². The minimum absolute atomic E-state index is 0.170. The molecule has 1 aliphatic rings. The summed E-state index contributed by atoms with van der Waals surface area (Å²) in [5, 5.41) is 7.80. The molecule has 2 heterocycles. The third-order valence-electron chi connectivity index (χ3n) is 4.17. The molecule has 0 saturated carbocycles. The van der Waals surface area contributed by atoms with E-state index in [4.69, 9.17) is 25.8 Å². The number of nitrogens with zero attached hydrogens (tertiary/aromatic N) is 3. The molecule has 144 valence electrons. The van der Waals surface area contributed by atoms with Gasteiger partial charge in [-0.05, 0) is 31.5 Å². The normalized spacial score (nSPS) is 15.9. The van der Waals surface area contributed by atoms with Crippen LogP contribution in [0.15, 0.2) is 35.8 Å². The first kappa shape index (κ1) is 19.2. The van der Waals surface area contributed by atoms with Gasteiger partial charge in [0, 0.05) is 12.3 Å². The molecule has 0 bridgehead atoms. The van der Waals surface area contributed by atoms with Crippen LogP contribution in [0.3, 0.4) is 0 Å². The predicted molar refractivity (Wildman–Crippen MR) is 99.9 cm³/mol. The molecular weight excluding hydrogens is 372 g/mol. The molecular formula is C18H21ClN4O4. The van der Waals surface area contributed by atoms with Crippen LogP contribution in [0.4, 0.5) is 5.95 Å². The maximum absolute atomic E-state index is 12.8. The van der Waals surface area contributed by atoms with E-state index in [1.54, 1.807) is 30.8 Å². The van der Waals surface area contributed by atoms with Crippen LogP contribution < -0.4 is 10.1 Å². The van der Waals surface area contributed by atoms with Crippen LogP contribution in [0.25, 0.3) is 0 Å². The Morgan fingerprint density at radius 2 is 2.19 bits per heavy atom. The molecule has 0 saturated heterocycles. The average Bonchev–Trinajstić information content (AvgIpc) is 3.11. The summed E-state index contributed by atoms with van der Waals surface area (Å²) in [5.41, 5.74) is 1.85. The van der Waals surface area contributed by atoms with Gasteiger partial charge in [-0.15, -0.1) is 0 Å². The number of hydrogen-bond donors (Lipinski definition) is 1. The number of fused-ring (bicyclic) bond motifs is 1. The first-order valence-corrected chi connectivity index (χ1v) is 8.90. The lowest BCUT2D eigenvalue weighted by Gasteiger charge is -2.28. The van der Waals surface area contributed by atoms with E-state index >= 15 is 0 Å². The molecule has 9 heteroatoms. The Kier molecular flexibility index (Phi) is 5.98. The van der Waals surface area contributed by atoms with Gasteiger partial charge in [0.1, 0.15) is 24.7 Å². The minimum atomic E-state index is -0.522. The number of hydrogen-bond acceptors (Lipinski definition) is 7. The lowest BCUT2D eigenvalue weighted by Crippen LogP contribution is -2.30. The zero-order valence-electron chi connectivity index (χ0n) is 15.4. The van der Waals surface area contributed by atoms with Crippen LogP contribution in [-0.2, 0) is 14.3 Å². The summed E-state index contributed by atoms with van der Waals surface area (Å²) in [6.45, 7) is 4.76.